The Bertz CT molecular complexity index is 1050. The standard InChI is InChI=1S/C28H34N2O5/c1-3-24(26(33)30(2)28(17-25(31)32)15-9-4-10-16-28)29-27(34)35-18-23-21-13-7-5-11-19(21)20-12-6-8-14-22(20)23/h5-8,11-14,23-24H,3-4,9-10,15-18H2,1-2H3,(H,29,34)(H,31,32). The molecular formula is C28H34N2O5. The van der Waals surface area contributed by atoms with Crippen molar-refractivity contribution in [3.63, 3.8) is 0 Å². The molecule has 0 radical (unpaired) electrons. The van der Waals surface area contributed by atoms with E-state index in [4.69, 9.17) is 4.74 Å². The van der Waals surface area contributed by atoms with E-state index in [1.165, 1.54) is 0 Å². The minimum Gasteiger partial charge on any atom is -0.481 e. The van der Waals surface area contributed by atoms with Crippen molar-refractivity contribution >= 4 is 18.0 Å². The number of nitrogens with zero attached hydrogens (tertiary/aromatic N) is 1. The summed E-state index contributed by atoms with van der Waals surface area (Å²) in [6.07, 6.45) is 3.79. The molecule has 186 valence electrons. The van der Waals surface area contributed by atoms with Crippen LogP contribution in [0.3, 0.4) is 0 Å². The van der Waals surface area contributed by atoms with Gasteiger partial charge in [0.15, 0.2) is 0 Å². The van der Waals surface area contributed by atoms with Gasteiger partial charge in [0, 0.05) is 13.0 Å². The number of likely N-dealkylation sites (N-methyl/N-ethyl adjacent to an activating group) is 1. The van der Waals surface area contributed by atoms with E-state index in [2.05, 4.69) is 29.6 Å². The summed E-state index contributed by atoms with van der Waals surface area (Å²) in [5.41, 5.74) is 3.83. The number of nitrogens with one attached hydrogen (secondary N) is 1. The number of rotatable bonds is 8. The summed E-state index contributed by atoms with van der Waals surface area (Å²) in [5, 5.41) is 12.2. The number of hydrogen-bond acceptors (Lipinski definition) is 4. The number of hydrogen-bond donors (Lipinski definition) is 2. The van der Waals surface area contributed by atoms with Gasteiger partial charge in [-0.1, -0.05) is 74.7 Å². The topological polar surface area (TPSA) is 95.9 Å². The van der Waals surface area contributed by atoms with Crippen molar-refractivity contribution in [1.29, 1.82) is 0 Å². The van der Waals surface area contributed by atoms with Crippen molar-refractivity contribution in [2.45, 2.75) is 69.4 Å². The fourth-order valence-electron chi connectivity index (χ4n) is 5.71. The Kier molecular flexibility index (Phi) is 7.43. The number of benzene rings is 2. The summed E-state index contributed by atoms with van der Waals surface area (Å²) in [4.78, 5) is 39.2. The average Bonchev–Trinajstić information content (AvgIpc) is 3.19. The van der Waals surface area contributed by atoms with Crippen LogP contribution in [0.1, 0.15) is 68.9 Å². The lowest BCUT2D eigenvalue weighted by Crippen LogP contribution is -2.57. The van der Waals surface area contributed by atoms with Gasteiger partial charge in [0.05, 0.1) is 12.0 Å². The molecule has 7 nitrogen and oxygen atoms in total. The summed E-state index contributed by atoms with van der Waals surface area (Å²) in [6, 6.07) is 15.5. The second-order valence-corrected chi connectivity index (χ2v) is 9.68. The second-order valence-electron chi connectivity index (χ2n) is 9.68. The van der Waals surface area contributed by atoms with Crippen LogP contribution in [0, 0.1) is 0 Å². The molecule has 0 bridgehead atoms. The summed E-state index contributed by atoms with van der Waals surface area (Å²) in [6.45, 7) is 1.99. The fraction of sp³-hybridized carbons (Fsp3) is 0.464. The highest BCUT2D eigenvalue weighted by Crippen LogP contribution is 2.44. The normalized spacial score (nSPS) is 17.1. The Morgan fingerprint density at radius 1 is 1.03 bits per heavy atom. The number of amides is 2. The summed E-state index contributed by atoms with van der Waals surface area (Å²) < 4.78 is 5.62. The third-order valence-electron chi connectivity index (χ3n) is 7.65. The van der Waals surface area contributed by atoms with Crippen LogP contribution in [0.2, 0.25) is 0 Å². The molecule has 35 heavy (non-hydrogen) atoms. The van der Waals surface area contributed by atoms with E-state index >= 15 is 0 Å². The SMILES string of the molecule is CCC(NC(=O)OCC1c2ccccc2-c2ccccc21)C(=O)N(C)C1(CC(=O)O)CCCCC1. The zero-order valence-electron chi connectivity index (χ0n) is 20.5. The maximum atomic E-state index is 13.3. The van der Waals surface area contributed by atoms with Crippen LogP contribution in [0.4, 0.5) is 4.79 Å². The van der Waals surface area contributed by atoms with E-state index in [9.17, 15) is 19.5 Å². The molecule has 2 amide bonds. The van der Waals surface area contributed by atoms with Gasteiger partial charge in [-0.2, -0.15) is 0 Å². The molecule has 1 saturated carbocycles. The van der Waals surface area contributed by atoms with Crippen LogP contribution >= 0.6 is 0 Å². The van der Waals surface area contributed by atoms with Crippen LogP contribution in [0.5, 0.6) is 0 Å². The second kappa shape index (κ2) is 10.5. The van der Waals surface area contributed by atoms with Gasteiger partial charge in [-0.15, -0.1) is 0 Å². The number of carboxylic acids is 1. The van der Waals surface area contributed by atoms with E-state index in [0.717, 1.165) is 41.5 Å². The molecule has 1 atom stereocenters. The highest BCUT2D eigenvalue weighted by molar-refractivity contribution is 5.86. The highest BCUT2D eigenvalue weighted by Gasteiger charge is 2.42. The fourth-order valence-corrected chi connectivity index (χ4v) is 5.71. The lowest BCUT2D eigenvalue weighted by Gasteiger charge is -2.45. The van der Waals surface area contributed by atoms with Crippen molar-refractivity contribution in [3.05, 3.63) is 59.7 Å². The number of fused-ring (bicyclic) bond motifs is 3. The molecule has 0 heterocycles. The molecule has 0 aromatic heterocycles. The smallest absolute Gasteiger partial charge is 0.407 e. The minimum absolute atomic E-state index is 0.0623. The summed E-state index contributed by atoms with van der Waals surface area (Å²) in [7, 11) is 1.67. The van der Waals surface area contributed by atoms with E-state index < -0.39 is 23.6 Å². The predicted molar refractivity (Wildman–Crippen MR) is 133 cm³/mol. The molecule has 2 N–H and O–H groups in total. The molecule has 4 rings (SSSR count). The Morgan fingerprint density at radius 2 is 1.60 bits per heavy atom. The van der Waals surface area contributed by atoms with Crippen molar-refractivity contribution in [2.24, 2.45) is 0 Å². The molecule has 2 aromatic carbocycles. The van der Waals surface area contributed by atoms with Gasteiger partial charge in [-0.05, 0) is 41.5 Å². The molecular weight excluding hydrogens is 444 g/mol. The molecule has 0 aliphatic heterocycles. The number of ether oxygens (including phenoxy) is 1. The lowest BCUT2D eigenvalue weighted by atomic mass is 9.77. The van der Waals surface area contributed by atoms with E-state index in [1.807, 2.05) is 31.2 Å². The van der Waals surface area contributed by atoms with Gasteiger partial charge in [-0.25, -0.2) is 4.79 Å². The molecule has 2 aromatic rings. The van der Waals surface area contributed by atoms with E-state index in [1.54, 1.807) is 11.9 Å². The Labute approximate surface area is 206 Å². The third-order valence-corrected chi connectivity index (χ3v) is 7.65. The molecule has 7 heteroatoms. The quantitative estimate of drug-likeness (QED) is 0.560. The molecule has 0 spiro atoms. The van der Waals surface area contributed by atoms with Gasteiger partial charge < -0.3 is 20.1 Å². The van der Waals surface area contributed by atoms with Gasteiger partial charge in [0.2, 0.25) is 5.91 Å². The van der Waals surface area contributed by atoms with Crippen LogP contribution in [0.25, 0.3) is 11.1 Å². The van der Waals surface area contributed by atoms with Crippen molar-refractivity contribution in [2.75, 3.05) is 13.7 Å². The Balaban J connectivity index is 1.42. The number of carbonyl (C=O) groups is 3. The molecule has 0 saturated heterocycles. The first-order valence-corrected chi connectivity index (χ1v) is 12.5. The highest BCUT2D eigenvalue weighted by atomic mass is 16.5. The summed E-state index contributed by atoms with van der Waals surface area (Å²) >= 11 is 0. The average molecular weight is 479 g/mol. The zero-order chi connectivity index (χ0) is 25.0. The lowest BCUT2D eigenvalue weighted by molar-refractivity contribution is -0.147. The van der Waals surface area contributed by atoms with Gasteiger partial charge in [0.1, 0.15) is 12.6 Å². The van der Waals surface area contributed by atoms with Crippen LogP contribution in [0.15, 0.2) is 48.5 Å². The first kappa shape index (κ1) is 24.8. The van der Waals surface area contributed by atoms with E-state index in [-0.39, 0.29) is 24.9 Å². The maximum Gasteiger partial charge on any atom is 0.407 e. The molecule has 1 unspecified atom stereocenters. The largest absolute Gasteiger partial charge is 0.481 e. The third kappa shape index (κ3) is 5.04. The molecule has 1 fully saturated rings. The number of alkyl carbamates (subject to hydrolysis) is 1. The predicted octanol–water partition coefficient (Wildman–Crippen LogP) is 4.94. The van der Waals surface area contributed by atoms with E-state index in [0.29, 0.717) is 19.3 Å². The van der Waals surface area contributed by atoms with Crippen LogP contribution in [-0.2, 0) is 14.3 Å². The Morgan fingerprint density at radius 3 is 2.14 bits per heavy atom. The monoisotopic (exact) mass is 478 g/mol. The molecule has 2 aliphatic rings. The zero-order valence-corrected chi connectivity index (χ0v) is 20.5. The number of aliphatic carboxylic acids is 1. The first-order valence-electron chi connectivity index (χ1n) is 12.5. The van der Waals surface area contributed by atoms with Crippen molar-refractivity contribution in [3.8, 4) is 11.1 Å². The van der Waals surface area contributed by atoms with Crippen LogP contribution in [-0.4, -0.2) is 53.2 Å². The molecule has 2 aliphatic carbocycles. The van der Waals surface area contributed by atoms with Crippen molar-refractivity contribution in [1.82, 2.24) is 10.2 Å². The first-order chi connectivity index (χ1) is 16.9. The summed E-state index contributed by atoms with van der Waals surface area (Å²) in [5.74, 6) is -1.25. The number of carbonyl (C=O) groups excluding carboxylic acids is 2. The Hall–Kier alpha value is -3.35. The number of carboxylic acid groups (broad SMARTS) is 1. The van der Waals surface area contributed by atoms with Crippen molar-refractivity contribution < 1.29 is 24.2 Å². The minimum atomic E-state index is -0.913. The van der Waals surface area contributed by atoms with Gasteiger partial charge in [-0.3, -0.25) is 9.59 Å². The maximum absolute atomic E-state index is 13.3. The van der Waals surface area contributed by atoms with Gasteiger partial charge in [0.25, 0.3) is 0 Å². The van der Waals surface area contributed by atoms with Crippen LogP contribution < -0.4 is 5.32 Å². The van der Waals surface area contributed by atoms with Gasteiger partial charge >= 0.3 is 12.1 Å².